The van der Waals surface area contributed by atoms with E-state index in [1.165, 1.54) is 17.3 Å². The molecule has 0 saturated carbocycles. The summed E-state index contributed by atoms with van der Waals surface area (Å²) >= 11 is 1.31. The van der Waals surface area contributed by atoms with E-state index in [4.69, 9.17) is 5.73 Å². The Morgan fingerprint density at radius 1 is 1.08 bits per heavy atom. The fourth-order valence-electron chi connectivity index (χ4n) is 2.46. The molecule has 1 heterocycles. The number of carbonyl (C=O) groups is 1. The first-order valence-electron chi connectivity index (χ1n) is 8.01. The van der Waals surface area contributed by atoms with Crippen molar-refractivity contribution < 1.29 is 4.79 Å². The summed E-state index contributed by atoms with van der Waals surface area (Å²) in [6.07, 6.45) is 0. The Hall–Kier alpha value is -2.60. The van der Waals surface area contributed by atoms with Crippen molar-refractivity contribution in [1.29, 1.82) is 0 Å². The molecule has 3 aromatic rings. The van der Waals surface area contributed by atoms with E-state index in [1.54, 1.807) is 6.92 Å². The van der Waals surface area contributed by atoms with E-state index in [2.05, 4.69) is 16.3 Å². The molecule has 0 aliphatic rings. The van der Waals surface area contributed by atoms with Crippen molar-refractivity contribution in [2.45, 2.75) is 31.2 Å². The van der Waals surface area contributed by atoms with Gasteiger partial charge in [-0.1, -0.05) is 53.2 Å². The molecule has 3 rings (SSSR count). The van der Waals surface area contributed by atoms with Crippen LogP contribution in [0.15, 0.2) is 53.7 Å². The predicted molar refractivity (Wildman–Crippen MR) is 101 cm³/mol. The molecule has 0 radical (unpaired) electrons. The summed E-state index contributed by atoms with van der Waals surface area (Å²) < 4.78 is 1.97. The number of benzene rings is 2. The van der Waals surface area contributed by atoms with Gasteiger partial charge in [0.15, 0.2) is 11.0 Å². The topological polar surface area (TPSA) is 73.8 Å². The van der Waals surface area contributed by atoms with Crippen LogP contribution in [0.2, 0.25) is 0 Å². The lowest BCUT2D eigenvalue weighted by atomic mass is 10.1. The number of rotatable bonds is 5. The van der Waals surface area contributed by atoms with Crippen molar-refractivity contribution in [3.8, 4) is 17.1 Å². The highest BCUT2D eigenvalue weighted by Crippen LogP contribution is 2.30. The second kappa shape index (κ2) is 7.11. The van der Waals surface area contributed by atoms with Crippen molar-refractivity contribution in [2.75, 3.05) is 0 Å². The summed E-state index contributed by atoms with van der Waals surface area (Å²) in [5.41, 5.74) is 9.67. The Labute approximate surface area is 151 Å². The van der Waals surface area contributed by atoms with Crippen LogP contribution in [0.1, 0.15) is 18.1 Å². The molecular formula is C19H20N4OS. The first-order chi connectivity index (χ1) is 12.0. The Balaban J connectivity index is 2.14. The maximum atomic E-state index is 11.5. The molecule has 0 spiro atoms. The van der Waals surface area contributed by atoms with E-state index >= 15 is 0 Å². The number of carbonyl (C=O) groups excluding carboxylic acids is 1. The van der Waals surface area contributed by atoms with E-state index < -0.39 is 5.25 Å². The van der Waals surface area contributed by atoms with E-state index in [-0.39, 0.29) is 5.91 Å². The van der Waals surface area contributed by atoms with Gasteiger partial charge in [-0.3, -0.25) is 9.36 Å². The van der Waals surface area contributed by atoms with Gasteiger partial charge in [0, 0.05) is 11.3 Å². The summed E-state index contributed by atoms with van der Waals surface area (Å²) in [5, 5.41) is 8.95. The lowest BCUT2D eigenvalue weighted by Crippen LogP contribution is -2.23. The minimum absolute atomic E-state index is 0.374. The molecule has 2 N–H and O–H groups in total. The number of hydrogen-bond acceptors (Lipinski definition) is 4. The van der Waals surface area contributed by atoms with E-state index in [9.17, 15) is 4.79 Å². The maximum absolute atomic E-state index is 11.5. The molecule has 6 heteroatoms. The average Bonchev–Trinajstić information content (AvgIpc) is 2.99. The summed E-state index contributed by atoms with van der Waals surface area (Å²) in [6.45, 7) is 5.86. The summed E-state index contributed by atoms with van der Waals surface area (Å²) in [4.78, 5) is 11.5. The van der Waals surface area contributed by atoms with Gasteiger partial charge in [-0.15, -0.1) is 10.2 Å². The summed E-state index contributed by atoms with van der Waals surface area (Å²) in [7, 11) is 0. The molecular weight excluding hydrogens is 332 g/mol. The molecule has 0 saturated heterocycles. The predicted octanol–water partition coefficient (Wildman–Crippen LogP) is 3.52. The van der Waals surface area contributed by atoms with E-state index in [1.807, 2.05) is 60.9 Å². The number of amides is 1. The zero-order valence-electron chi connectivity index (χ0n) is 14.4. The van der Waals surface area contributed by atoms with Crippen LogP contribution in [0.25, 0.3) is 17.1 Å². The van der Waals surface area contributed by atoms with Crippen molar-refractivity contribution in [3.05, 3.63) is 59.7 Å². The molecule has 1 atom stereocenters. The molecule has 128 valence electrons. The van der Waals surface area contributed by atoms with Gasteiger partial charge in [-0.2, -0.15) is 0 Å². The minimum atomic E-state index is -0.390. The van der Waals surface area contributed by atoms with Crippen LogP contribution in [-0.4, -0.2) is 25.9 Å². The van der Waals surface area contributed by atoms with Gasteiger partial charge in [0.1, 0.15) is 0 Å². The molecule has 0 fully saturated rings. The van der Waals surface area contributed by atoms with Crippen LogP contribution in [0.4, 0.5) is 0 Å². The van der Waals surface area contributed by atoms with Crippen LogP contribution in [0.5, 0.6) is 0 Å². The molecule has 0 unspecified atom stereocenters. The van der Waals surface area contributed by atoms with Crippen LogP contribution in [-0.2, 0) is 4.79 Å². The van der Waals surface area contributed by atoms with Gasteiger partial charge < -0.3 is 5.73 Å². The van der Waals surface area contributed by atoms with E-state index in [0.717, 1.165) is 22.6 Å². The first kappa shape index (κ1) is 17.2. The Kier molecular flexibility index (Phi) is 4.90. The molecule has 0 aliphatic heterocycles. The van der Waals surface area contributed by atoms with Crippen LogP contribution >= 0.6 is 11.8 Å². The third-order valence-corrected chi connectivity index (χ3v) is 4.95. The molecule has 5 nitrogen and oxygen atoms in total. The second-order valence-corrected chi connectivity index (χ2v) is 7.32. The van der Waals surface area contributed by atoms with Gasteiger partial charge in [-0.05, 0) is 39.0 Å². The Bertz CT molecular complexity index is 902. The van der Waals surface area contributed by atoms with Gasteiger partial charge in [0.05, 0.1) is 5.25 Å². The smallest absolute Gasteiger partial charge is 0.230 e. The van der Waals surface area contributed by atoms with Crippen molar-refractivity contribution in [2.24, 2.45) is 5.73 Å². The SMILES string of the molecule is Cc1ccc(-n2c(S[C@H](C)C(N)=O)nnc2-c2cccc(C)c2)cc1. The average molecular weight is 352 g/mol. The quantitative estimate of drug-likeness (QED) is 0.713. The van der Waals surface area contributed by atoms with Crippen molar-refractivity contribution in [1.82, 2.24) is 14.8 Å². The largest absolute Gasteiger partial charge is 0.369 e. The van der Waals surface area contributed by atoms with Crippen molar-refractivity contribution in [3.63, 3.8) is 0 Å². The lowest BCUT2D eigenvalue weighted by Gasteiger charge is -2.12. The lowest BCUT2D eigenvalue weighted by molar-refractivity contribution is -0.117. The summed E-state index contributed by atoms with van der Waals surface area (Å²) in [6, 6.07) is 16.3. The zero-order valence-corrected chi connectivity index (χ0v) is 15.2. The molecule has 0 aliphatic carbocycles. The number of nitrogens with zero attached hydrogens (tertiary/aromatic N) is 3. The monoisotopic (exact) mass is 352 g/mol. The normalized spacial score (nSPS) is 12.1. The number of hydrogen-bond donors (Lipinski definition) is 1. The number of nitrogens with two attached hydrogens (primary N) is 1. The third-order valence-electron chi connectivity index (χ3n) is 3.88. The van der Waals surface area contributed by atoms with Crippen LogP contribution in [0.3, 0.4) is 0 Å². The van der Waals surface area contributed by atoms with Crippen LogP contribution in [0, 0.1) is 13.8 Å². The Morgan fingerprint density at radius 2 is 1.80 bits per heavy atom. The highest BCUT2D eigenvalue weighted by Gasteiger charge is 2.20. The molecule has 0 bridgehead atoms. The van der Waals surface area contributed by atoms with Gasteiger partial charge in [0.2, 0.25) is 5.91 Å². The van der Waals surface area contributed by atoms with E-state index in [0.29, 0.717) is 5.16 Å². The highest BCUT2D eigenvalue weighted by atomic mass is 32.2. The van der Waals surface area contributed by atoms with Gasteiger partial charge in [-0.25, -0.2) is 0 Å². The number of primary amides is 1. The molecule has 25 heavy (non-hydrogen) atoms. The minimum Gasteiger partial charge on any atom is -0.369 e. The van der Waals surface area contributed by atoms with Gasteiger partial charge >= 0.3 is 0 Å². The molecule has 1 amide bonds. The molecule has 2 aromatic carbocycles. The maximum Gasteiger partial charge on any atom is 0.230 e. The zero-order chi connectivity index (χ0) is 18.0. The fourth-order valence-corrected chi connectivity index (χ4v) is 3.28. The summed E-state index contributed by atoms with van der Waals surface area (Å²) in [5.74, 6) is 0.368. The number of aryl methyl sites for hydroxylation is 2. The number of aromatic nitrogens is 3. The van der Waals surface area contributed by atoms with Crippen molar-refractivity contribution >= 4 is 17.7 Å². The molecule has 1 aromatic heterocycles. The fraction of sp³-hybridized carbons (Fsp3) is 0.211. The third kappa shape index (κ3) is 3.74. The standard InChI is InChI=1S/C19H20N4OS/c1-12-7-9-16(10-8-12)23-18(15-6-4-5-13(2)11-15)21-22-19(23)25-14(3)17(20)24/h4-11,14H,1-3H3,(H2,20,24)/t14-/m1/s1. The highest BCUT2D eigenvalue weighted by molar-refractivity contribution is 8.00. The second-order valence-electron chi connectivity index (χ2n) is 6.01. The Morgan fingerprint density at radius 3 is 2.44 bits per heavy atom. The van der Waals surface area contributed by atoms with Gasteiger partial charge in [0.25, 0.3) is 0 Å². The number of thioether (sulfide) groups is 1. The van der Waals surface area contributed by atoms with Crippen LogP contribution < -0.4 is 5.73 Å². The first-order valence-corrected chi connectivity index (χ1v) is 8.89.